The summed E-state index contributed by atoms with van der Waals surface area (Å²) in [7, 11) is 0. The fourth-order valence-corrected chi connectivity index (χ4v) is 2.99. The van der Waals surface area contributed by atoms with E-state index in [1.165, 1.54) is 0 Å². The number of nitrogen functional groups attached to an aromatic ring is 2. The topological polar surface area (TPSA) is 208 Å². The van der Waals surface area contributed by atoms with E-state index in [0.717, 1.165) is 24.8 Å². The van der Waals surface area contributed by atoms with Gasteiger partial charge in [-0.1, -0.05) is 12.1 Å². The normalized spacial score (nSPS) is 11.6. The number of nitrogens with two attached hydrogens (primary N) is 3. The van der Waals surface area contributed by atoms with Crippen LogP contribution in [0.3, 0.4) is 0 Å². The molecular formula is C20H26N6O5. The summed E-state index contributed by atoms with van der Waals surface area (Å²) in [5.41, 5.74) is 18.0. The molecule has 31 heavy (non-hydrogen) atoms. The quantitative estimate of drug-likeness (QED) is 0.271. The largest absolute Gasteiger partial charge is 0.493 e. The third kappa shape index (κ3) is 7.14. The molecule has 11 nitrogen and oxygen atoms in total. The third-order valence-corrected chi connectivity index (χ3v) is 4.68. The maximum atomic E-state index is 12.3. The van der Waals surface area contributed by atoms with Crippen LogP contribution in [0.2, 0.25) is 0 Å². The number of unbranched alkanes of at least 4 members (excludes halogenated alkanes) is 1. The van der Waals surface area contributed by atoms with Crippen LogP contribution in [-0.2, 0) is 22.4 Å². The second-order valence-electron chi connectivity index (χ2n) is 7.04. The molecule has 1 aromatic heterocycles. The van der Waals surface area contributed by atoms with Crippen LogP contribution in [0, 0.1) is 0 Å². The molecule has 1 atom stereocenters. The molecule has 2 amide bonds. The first-order valence-corrected chi connectivity index (χ1v) is 9.69. The second-order valence-corrected chi connectivity index (χ2v) is 7.04. The minimum Gasteiger partial charge on any atom is -0.493 e. The molecule has 11 heteroatoms. The molecule has 1 aromatic carbocycles. The summed E-state index contributed by atoms with van der Waals surface area (Å²) < 4.78 is 0. The molecule has 2 rings (SSSR count). The Balaban J connectivity index is 1.85. The number of hydrogen-bond acceptors (Lipinski definition) is 8. The van der Waals surface area contributed by atoms with Crippen LogP contribution in [0.1, 0.15) is 47.2 Å². The first-order valence-electron chi connectivity index (χ1n) is 9.69. The Morgan fingerprint density at radius 3 is 2.26 bits per heavy atom. The van der Waals surface area contributed by atoms with Gasteiger partial charge in [-0.3, -0.25) is 9.59 Å². The van der Waals surface area contributed by atoms with Crippen LogP contribution >= 0.6 is 0 Å². The van der Waals surface area contributed by atoms with E-state index in [1.54, 1.807) is 24.3 Å². The van der Waals surface area contributed by atoms with Gasteiger partial charge in [0.15, 0.2) is 0 Å². The van der Waals surface area contributed by atoms with Crippen molar-refractivity contribution in [2.75, 3.05) is 11.5 Å². The van der Waals surface area contributed by atoms with Crippen molar-refractivity contribution in [3.63, 3.8) is 0 Å². The fraction of sp³-hybridized carbons (Fsp3) is 0.350. The van der Waals surface area contributed by atoms with Gasteiger partial charge in [0, 0.05) is 12.0 Å². The smallest absolute Gasteiger partial charge is 0.326 e. The lowest BCUT2D eigenvalue weighted by molar-refractivity contribution is -0.139. The standard InChI is InChI=1S/C20H26N6O5/c21-15(27)10-9-14(19(30)31)24-17(28)12-7-5-11(6-8-12)3-1-2-4-13-16(22)25-20(23)26-18(13)29/h5-8,14H,1-4,9-10H2,(H2,21,27)(H,24,28)(H,30,31)(H5,22,23,25,26,29)/t14-/m0/s1. The van der Waals surface area contributed by atoms with Crippen molar-refractivity contribution in [1.29, 1.82) is 0 Å². The highest BCUT2D eigenvalue weighted by Gasteiger charge is 2.21. The van der Waals surface area contributed by atoms with Crippen LogP contribution in [0.15, 0.2) is 24.3 Å². The fourth-order valence-electron chi connectivity index (χ4n) is 2.99. The maximum Gasteiger partial charge on any atom is 0.326 e. The summed E-state index contributed by atoms with van der Waals surface area (Å²) in [4.78, 5) is 41.9. The summed E-state index contributed by atoms with van der Waals surface area (Å²) in [6, 6.07) is 5.59. The molecule has 9 N–H and O–H groups in total. The molecule has 0 saturated carbocycles. The summed E-state index contributed by atoms with van der Waals surface area (Å²) in [5.74, 6) is -2.54. The number of carboxylic acid groups (broad SMARTS) is 1. The first kappa shape index (κ1) is 23.4. The zero-order valence-corrected chi connectivity index (χ0v) is 16.9. The van der Waals surface area contributed by atoms with Crippen LogP contribution in [-0.4, -0.2) is 44.0 Å². The average molecular weight is 430 g/mol. The number of aryl methyl sites for hydroxylation is 1. The number of primary amides is 1. The second kappa shape index (κ2) is 10.8. The molecule has 0 radical (unpaired) electrons. The van der Waals surface area contributed by atoms with E-state index >= 15 is 0 Å². The predicted molar refractivity (Wildman–Crippen MR) is 113 cm³/mol. The number of aromatic nitrogens is 2. The number of amides is 2. The molecule has 1 heterocycles. The molecule has 0 fully saturated rings. The number of carbonyl (C=O) groups is 3. The third-order valence-electron chi connectivity index (χ3n) is 4.68. The molecule has 0 unspecified atom stereocenters. The Hall–Kier alpha value is -3.89. The van der Waals surface area contributed by atoms with Gasteiger partial charge in [0.1, 0.15) is 11.9 Å². The number of nitrogens with zero attached hydrogens (tertiary/aromatic N) is 2. The number of carbonyl (C=O) groups excluding carboxylic acids is 2. The highest BCUT2D eigenvalue weighted by atomic mass is 16.4. The van der Waals surface area contributed by atoms with E-state index in [2.05, 4.69) is 15.3 Å². The number of aromatic hydroxyl groups is 1. The SMILES string of the molecule is NC(=O)CC[C@H](NC(=O)c1ccc(CCCCc2c(N)nc(N)nc2O)cc1)C(=O)O. The predicted octanol–water partition coefficient (Wildman–Crippen LogP) is 0.360. The molecule has 0 aliphatic rings. The lowest BCUT2D eigenvalue weighted by atomic mass is 10.0. The van der Waals surface area contributed by atoms with Crippen molar-refractivity contribution >= 4 is 29.5 Å². The maximum absolute atomic E-state index is 12.3. The minimum absolute atomic E-state index is 0.0758. The first-order chi connectivity index (χ1) is 14.7. The van der Waals surface area contributed by atoms with Gasteiger partial charge in [-0.15, -0.1) is 0 Å². The van der Waals surface area contributed by atoms with E-state index < -0.39 is 23.8 Å². The van der Waals surface area contributed by atoms with Gasteiger partial charge in [0.25, 0.3) is 5.91 Å². The number of anilines is 2. The lowest BCUT2D eigenvalue weighted by Gasteiger charge is -2.14. The molecule has 0 bridgehead atoms. The summed E-state index contributed by atoms with van der Waals surface area (Å²) in [5, 5.41) is 21.4. The molecule has 166 valence electrons. The van der Waals surface area contributed by atoms with E-state index in [0.29, 0.717) is 17.5 Å². The van der Waals surface area contributed by atoms with Crippen molar-refractivity contribution in [1.82, 2.24) is 15.3 Å². The number of rotatable bonds is 11. The number of benzene rings is 1. The van der Waals surface area contributed by atoms with Crippen molar-refractivity contribution < 1.29 is 24.6 Å². The van der Waals surface area contributed by atoms with Gasteiger partial charge in [-0.05, 0) is 49.8 Å². The van der Waals surface area contributed by atoms with Gasteiger partial charge >= 0.3 is 5.97 Å². The van der Waals surface area contributed by atoms with Crippen LogP contribution in [0.5, 0.6) is 5.88 Å². The van der Waals surface area contributed by atoms with Crippen molar-refractivity contribution in [2.24, 2.45) is 5.73 Å². The molecular weight excluding hydrogens is 404 g/mol. The lowest BCUT2D eigenvalue weighted by Crippen LogP contribution is -2.41. The van der Waals surface area contributed by atoms with E-state index in [9.17, 15) is 24.6 Å². The molecule has 2 aromatic rings. The van der Waals surface area contributed by atoms with Gasteiger partial charge in [0.05, 0.1) is 5.56 Å². The number of nitrogens with one attached hydrogen (secondary N) is 1. The summed E-state index contributed by atoms with van der Waals surface area (Å²) >= 11 is 0. The Morgan fingerprint density at radius 1 is 1.03 bits per heavy atom. The Kier molecular flexibility index (Phi) is 8.12. The van der Waals surface area contributed by atoms with Crippen LogP contribution < -0.4 is 22.5 Å². The van der Waals surface area contributed by atoms with Crippen LogP contribution in [0.25, 0.3) is 0 Å². The molecule has 0 saturated heterocycles. The van der Waals surface area contributed by atoms with E-state index in [-0.39, 0.29) is 30.5 Å². The van der Waals surface area contributed by atoms with Gasteiger partial charge in [-0.25, -0.2) is 4.79 Å². The highest BCUT2D eigenvalue weighted by Crippen LogP contribution is 2.23. The zero-order valence-electron chi connectivity index (χ0n) is 16.9. The number of hydrogen-bond donors (Lipinski definition) is 6. The Bertz CT molecular complexity index is 925. The zero-order chi connectivity index (χ0) is 23.0. The van der Waals surface area contributed by atoms with Crippen molar-refractivity contribution in [3.8, 4) is 5.88 Å². The monoisotopic (exact) mass is 430 g/mol. The number of aliphatic carboxylic acids is 1. The Labute approximate surface area is 178 Å². The van der Waals surface area contributed by atoms with Gasteiger partial charge in [-0.2, -0.15) is 9.97 Å². The van der Waals surface area contributed by atoms with Gasteiger partial charge in [0.2, 0.25) is 17.7 Å². The minimum atomic E-state index is -1.23. The Morgan fingerprint density at radius 2 is 1.68 bits per heavy atom. The summed E-state index contributed by atoms with van der Waals surface area (Å²) in [6.07, 6.45) is 2.54. The van der Waals surface area contributed by atoms with E-state index in [1.807, 2.05) is 0 Å². The van der Waals surface area contributed by atoms with Crippen LogP contribution in [0.4, 0.5) is 11.8 Å². The average Bonchev–Trinajstić information content (AvgIpc) is 2.69. The summed E-state index contributed by atoms with van der Waals surface area (Å²) in [6.45, 7) is 0. The molecule has 0 aliphatic heterocycles. The van der Waals surface area contributed by atoms with Gasteiger partial charge < -0.3 is 32.7 Å². The molecule has 0 spiro atoms. The highest BCUT2D eigenvalue weighted by molar-refractivity contribution is 5.96. The molecule has 0 aliphatic carbocycles. The number of carboxylic acids is 1. The van der Waals surface area contributed by atoms with E-state index in [4.69, 9.17) is 17.2 Å². The van der Waals surface area contributed by atoms with Crippen molar-refractivity contribution in [2.45, 2.75) is 44.6 Å². The van der Waals surface area contributed by atoms with Crippen molar-refractivity contribution in [3.05, 3.63) is 41.0 Å².